The summed E-state index contributed by atoms with van der Waals surface area (Å²) in [7, 11) is 2.36. The summed E-state index contributed by atoms with van der Waals surface area (Å²) in [6.07, 6.45) is -4.94. The minimum Gasteiger partial charge on any atom is -0.559 e. The minimum absolute atomic E-state index is 0. The van der Waals surface area contributed by atoms with Crippen molar-refractivity contribution in [2.45, 2.75) is 0 Å². The van der Waals surface area contributed by atoms with E-state index >= 15 is 0 Å². The van der Waals surface area contributed by atoms with Crippen LogP contribution in [0.15, 0.2) is 0 Å². The second kappa shape index (κ2) is 15.6. The van der Waals surface area contributed by atoms with Gasteiger partial charge in [0.2, 0.25) is 0 Å². The molecule has 0 aliphatic carbocycles. The molecular weight excluding hydrogens is 312 g/mol. The molecule has 20 heavy (non-hydrogen) atoms. The number of hydrogen-bond acceptors (Lipinski definition) is 7. The molecule has 8 nitrogen and oxygen atoms in total. The molecule has 0 aromatic rings. The summed E-state index contributed by atoms with van der Waals surface area (Å²) in [5, 5.41) is 47.5. The van der Waals surface area contributed by atoms with Crippen molar-refractivity contribution in [2.75, 3.05) is 14.2 Å². The Kier molecular flexibility index (Phi) is 22.2. The van der Waals surface area contributed by atoms with Gasteiger partial charge in [0.05, 0.1) is 0 Å². The summed E-state index contributed by atoms with van der Waals surface area (Å²) in [5.74, 6) is 9.27. The maximum atomic E-state index is 8.22. The van der Waals surface area contributed by atoms with Crippen LogP contribution in [0.1, 0.15) is 0 Å². The summed E-state index contributed by atoms with van der Waals surface area (Å²) in [6.45, 7) is 0. The Morgan fingerprint density at radius 1 is 0.700 bits per heavy atom. The number of nitriles is 5. The molecule has 0 radical (unpaired) electrons. The molecule has 0 amide bonds. The van der Waals surface area contributed by atoms with E-state index in [1.807, 2.05) is 0 Å². The number of nitrogens with zero attached hydrogens (tertiary/aromatic N) is 5. The van der Waals surface area contributed by atoms with Crippen molar-refractivity contribution in [1.29, 1.82) is 26.3 Å². The Bertz CT molecular complexity index is 422. The Balaban J connectivity index is -0.000000116. The van der Waals surface area contributed by atoms with Crippen molar-refractivity contribution in [3.63, 3.8) is 0 Å². The molecule has 0 heterocycles. The Morgan fingerprint density at radius 3 is 0.950 bits per heavy atom. The fraction of sp³-hybridized carbons (Fsp3) is 0.250. The van der Waals surface area contributed by atoms with Gasteiger partial charge in [0.25, 0.3) is 0 Å². The van der Waals surface area contributed by atoms with E-state index in [9.17, 15) is 0 Å². The van der Waals surface area contributed by atoms with Gasteiger partial charge in [-0.15, -0.1) is 5.26 Å². The fourth-order valence-electron chi connectivity index (χ4n) is 0.502. The second-order valence-corrected chi connectivity index (χ2v) is 2.83. The molecule has 0 rings (SSSR count). The van der Waals surface area contributed by atoms with Gasteiger partial charge in [0.1, 0.15) is 5.97 Å². The largest absolute Gasteiger partial charge is 1.00 e. The molecule has 0 aromatic carbocycles. The van der Waals surface area contributed by atoms with Crippen molar-refractivity contribution >= 4 is 12.7 Å². The standard InChI is InChI=1S/2C4H3BN3O.2K/c2*1-9-5(2-6,3-7)4-8;;/h2*1H3;;/q2*-1;2*+1/p+1. The zero-order chi connectivity index (χ0) is 14.7. The second-order valence-electron chi connectivity index (χ2n) is 2.83. The van der Waals surface area contributed by atoms with E-state index in [4.69, 9.17) is 31.6 Å². The van der Waals surface area contributed by atoms with Crippen LogP contribution in [0.2, 0.25) is 0 Å². The van der Waals surface area contributed by atoms with Gasteiger partial charge in [-0.3, -0.25) is 0 Å². The Morgan fingerprint density at radius 2 is 0.950 bits per heavy atom. The summed E-state index contributed by atoms with van der Waals surface area (Å²) >= 11 is 0. The van der Waals surface area contributed by atoms with Crippen LogP contribution in [-0.2, 0) is 9.31 Å². The molecule has 0 aliphatic rings. The SMILES string of the molecule is CO[B-](C#N)(C#N)C#N.CO[B-](C#N)(C#N)C#[NH+].[K+].[K+]. The summed E-state index contributed by atoms with van der Waals surface area (Å²) in [4.78, 5) is 0. The predicted molar refractivity (Wildman–Crippen MR) is 58.4 cm³/mol. The van der Waals surface area contributed by atoms with Crippen molar-refractivity contribution < 1.29 is 117 Å². The number of rotatable bonds is 2. The molecule has 88 valence electrons. The zero-order valence-electron chi connectivity index (χ0n) is 11.7. The third kappa shape index (κ3) is 9.24. The average Bonchev–Trinajstić information content (AvgIpc) is 2.46. The molecule has 0 spiro atoms. The molecule has 0 unspecified atom stereocenters. The third-order valence-corrected chi connectivity index (χ3v) is 1.82. The fourth-order valence-corrected chi connectivity index (χ4v) is 0.502. The summed E-state index contributed by atoms with van der Waals surface area (Å²) in [6, 6.07) is 0. The first-order chi connectivity index (χ1) is 8.49. The average molecular weight is 319 g/mol. The van der Waals surface area contributed by atoms with Crippen molar-refractivity contribution in [2.24, 2.45) is 0 Å². The van der Waals surface area contributed by atoms with Crippen LogP contribution >= 0.6 is 0 Å². The smallest absolute Gasteiger partial charge is 0.559 e. The number of hydrogen-bond donors (Lipinski definition) is 1. The maximum Gasteiger partial charge on any atom is 1.00 e. The van der Waals surface area contributed by atoms with Crippen molar-refractivity contribution in [1.82, 2.24) is 0 Å². The first-order valence-corrected chi connectivity index (χ1v) is 4.39. The first kappa shape index (κ1) is 28.4. The van der Waals surface area contributed by atoms with Crippen molar-refractivity contribution in [3.05, 3.63) is 0 Å². The van der Waals surface area contributed by atoms with Crippen LogP contribution in [0.3, 0.4) is 0 Å². The van der Waals surface area contributed by atoms with Gasteiger partial charge < -0.3 is 9.31 Å². The van der Waals surface area contributed by atoms with Gasteiger partial charge in [-0.2, -0.15) is 0 Å². The van der Waals surface area contributed by atoms with E-state index in [0.717, 1.165) is 7.11 Å². The minimum atomic E-state index is -2.53. The van der Waals surface area contributed by atoms with E-state index in [0.29, 0.717) is 0 Å². The van der Waals surface area contributed by atoms with Gasteiger partial charge in [0.15, 0.2) is 0 Å². The molecular formula is C8H7B2K2N6O2+. The molecule has 0 atom stereocenters. The van der Waals surface area contributed by atoms with Crippen molar-refractivity contribution in [3.8, 4) is 35.8 Å². The first-order valence-electron chi connectivity index (χ1n) is 4.39. The molecule has 12 heteroatoms. The van der Waals surface area contributed by atoms with Crippen LogP contribution in [-0.4, -0.2) is 26.9 Å². The molecule has 0 aliphatic heterocycles. The van der Waals surface area contributed by atoms with Gasteiger partial charge in [-0.25, -0.2) is 26.3 Å². The molecule has 1 N–H and O–H groups in total. The van der Waals surface area contributed by atoms with Crippen LogP contribution < -0.4 is 108 Å². The predicted octanol–water partition coefficient (Wildman–Crippen LogP) is -8.21. The van der Waals surface area contributed by atoms with Crippen LogP contribution in [0, 0.1) is 62.1 Å². The van der Waals surface area contributed by atoms with E-state index in [1.54, 1.807) is 17.9 Å². The molecule has 0 saturated carbocycles. The van der Waals surface area contributed by atoms with Gasteiger partial charge in [-0.1, -0.05) is 29.8 Å². The van der Waals surface area contributed by atoms with Crippen LogP contribution in [0.5, 0.6) is 0 Å². The van der Waals surface area contributed by atoms with Gasteiger partial charge >= 0.3 is 115 Å². The normalized spacial score (nSPS) is 7.80. The van der Waals surface area contributed by atoms with E-state index in [-0.39, 0.29) is 103 Å². The van der Waals surface area contributed by atoms with E-state index in [1.165, 1.54) is 25.0 Å². The monoisotopic (exact) mass is 319 g/mol. The van der Waals surface area contributed by atoms with E-state index < -0.39 is 12.7 Å². The third-order valence-electron chi connectivity index (χ3n) is 1.82. The number of nitrogens with one attached hydrogen (secondary N) is 1. The Labute approximate surface area is 202 Å². The summed E-state index contributed by atoms with van der Waals surface area (Å²) in [5.41, 5.74) is 0. The molecule has 0 fully saturated rings. The quantitative estimate of drug-likeness (QED) is 0.494. The van der Waals surface area contributed by atoms with Gasteiger partial charge in [-0.05, 0) is 14.2 Å². The van der Waals surface area contributed by atoms with Crippen LogP contribution in [0.4, 0.5) is 0 Å². The summed E-state index contributed by atoms with van der Waals surface area (Å²) < 4.78 is 8.79. The molecule has 0 bridgehead atoms. The molecule has 0 saturated heterocycles. The zero-order valence-corrected chi connectivity index (χ0v) is 18.0. The van der Waals surface area contributed by atoms with Gasteiger partial charge in [0, 0.05) is 0 Å². The van der Waals surface area contributed by atoms with Crippen LogP contribution in [0.25, 0.3) is 0 Å². The Hall–Kier alpha value is 0.263. The maximum absolute atomic E-state index is 8.22. The molecule has 0 aromatic heterocycles. The topological polar surface area (TPSA) is 161 Å². The van der Waals surface area contributed by atoms with E-state index in [2.05, 4.69) is 9.31 Å².